The van der Waals surface area contributed by atoms with Gasteiger partial charge in [0, 0.05) is 27.2 Å². The van der Waals surface area contributed by atoms with Gasteiger partial charge in [0.05, 0.1) is 19.3 Å². The molecule has 2 unspecified atom stereocenters. The number of hydrogen-bond acceptors (Lipinski definition) is 4. The molecule has 90 valence electrons. The first-order chi connectivity index (χ1) is 7.13. The highest BCUT2D eigenvalue weighted by atomic mass is 16.5. The summed E-state index contributed by atoms with van der Waals surface area (Å²) in [5.41, 5.74) is 0. The first kappa shape index (κ1) is 14.3. The molecule has 0 aliphatic heterocycles. The molecule has 2 atom stereocenters. The van der Waals surface area contributed by atoms with Crippen molar-refractivity contribution in [1.29, 1.82) is 0 Å². The van der Waals surface area contributed by atoms with Crippen molar-refractivity contribution in [2.75, 3.05) is 34.0 Å². The van der Waals surface area contributed by atoms with E-state index in [0.717, 1.165) is 0 Å². The molecular formula is C10H21NO4. The van der Waals surface area contributed by atoms with Crippen molar-refractivity contribution in [3.63, 3.8) is 0 Å². The predicted molar refractivity (Wildman–Crippen MR) is 56.5 cm³/mol. The molecule has 1 amide bonds. The molecule has 0 spiro atoms. The quantitative estimate of drug-likeness (QED) is 0.592. The zero-order valence-corrected chi connectivity index (χ0v) is 9.66. The molecule has 0 aromatic rings. The summed E-state index contributed by atoms with van der Waals surface area (Å²) in [6, 6.07) is -0.322. The van der Waals surface area contributed by atoms with Crippen molar-refractivity contribution in [2.45, 2.75) is 19.4 Å². The van der Waals surface area contributed by atoms with Crippen LogP contribution in [0.25, 0.3) is 0 Å². The van der Waals surface area contributed by atoms with Crippen molar-refractivity contribution in [3.8, 4) is 0 Å². The molecule has 0 aliphatic rings. The van der Waals surface area contributed by atoms with Gasteiger partial charge in [-0.05, 0) is 5.92 Å². The van der Waals surface area contributed by atoms with E-state index in [1.807, 2.05) is 6.92 Å². The van der Waals surface area contributed by atoms with Gasteiger partial charge in [-0.3, -0.25) is 4.79 Å². The second kappa shape index (κ2) is 8.64. The van der Waals surface area contributed by atoms with Crippen molar-refractivity contribution in [3.05, 3.63) is 0 Å². The third kappa shape index (κ3) is 7.30. The lowest BCUT2D eigenvalue weighted by atomic mass is 10.1. The van der Waals surface area contributed by atoms with Crippen LogP contribution in [0.5, 0.6) is 0 Å². The fourth-order valence-electron chi connectivity index (χ4n) is 1.29. The Morgan fingerprint density at radius 2 is 1.93 bits per heavy atom. The van der Waals surface area contributed by atoms with E-state index in [0.29, 0.717) is 19.6 Å². The average Bonchev–Trinajstić information content (AvgIpc) is 2.17. The minimum Gasteiger partial charge on any atom is -0.394 e. The Balaban J connectivity index is 3.79. The third-order valence-corrected chi connectivity index (χ3v) is 1.94. The Morgan fingerprint density at radius 3 is 2.40 bits per heavy atom. The molecule has 0 rings (SSSR count). The summed E-state index contributed by atoms with van der Waals surface area (Å²) < 4.78 is 9.78. The molecule has 0 fully saturated rings. The number of aliphatic hydroxyl groups is 1. The highest BCUT2D eigenvalue weighted by Crippen LogP contribution is 2.01. The predicted octanol–water partition coefficient (Wildman–Crippen LogP) is -0.217. The molecule has 0 aliphatic carbocycles. The first-order valence-corrected chi connectivity index (χ1v) is 5.02. The summed E-state index contributed by atoms with van der Waals surface area (Å²) in [6.07, 6.45) is 0.397. The summed E-state index contributed by atoms with van der Waals surface area (Å²) in [6.45, 7) is 2.70. The van der Waals surface area contributed by atoms with Gasteiger partial charge in [0.1, 0.15) is 0 Å². The van der Waals surface area contributed by atoms with E-state index in [1.165, 1.54) is 7.11 Å². The highest BCUT2D eigenvalue weighted by Gasteiger charge is 2.13. The molecule has 2 N–H and O–H groups in total. The van der Waals surface area contributed by atoms with Crippen LogP contribution >= 0.6 is 0 Å². The Morgan fingerprint density at radius 1 is 1.33 bits per heavy atom. The first-order valence-electron chi connectivity index (χ1n) is 5.02. The van der Waals surface area contributed by atoms with Gasteiger partial charge in [-0.2, -0.15) is 0 Å². The number of nitrogens with one attached hydrogen (secondary N) is 1. The summed E-state index contributed by atoms with van der Waals surface area (Å²) in [7, 11) is 3.14. The SMILES string of the molecule is COCC(C)CC(=O)NC(CO)COC. The maximum absolute atomic E-state index is 11.4. The summed E-state index contributed by atoms with van der Waals surface area (Å²) in [5.74, 6) is 0.0903. The lowest BCUT2D eigenvalue weighted by molar-refractivity contribution is -0.123. The smallest absolute Gasteiger partial charge is 0.220 e. The molecule has 0 aromatic heterocycles. The van der Waals surface area contributed by atoms with Crippen molar-refractivity contribution < 1.29 is 19.4 Å². The number of carbonyl (C=O) groups is 1. The van der Waals surface area contributed by atoms with E-state index in [9.17, 15) is 4.79 Å². The van der Waals surface area contributed by atoms with Gasteiger partial charge in [-0.25, -0.2) is 0 Å². The number of carbonyl (C=O) groups excluding carboxylic acids is 1. The van der Waals surface area contributed by atoms with Gasteiger partial charge in [-0.15, -0.1) is 0 Å². The van der Waals surface area contributed by atoms with E-state index in [-0.39, 0.29) is 24.5 Å². The maximum atomic E-state index is 11.4. The summed E-state index contributed by atoms with van der Waals surface area (Å²) in [5, 5.41) is 11.6. The van der Waals surface area contributed by atoms with E-state index in [2.05, 4.69) is 5.32 Å². The molecule has 15 heavy (non-hydrogen) atoms. The number of methoxy groups -OCH3 is 2. The Bertz CT molecular complexity index is 175. The minimum atomic E-state index is -0.322. The van der Waals surface area contributed by atoms with Crippen molar-refractivity contribution >= 4 is 5.91 Å². The number of ether oxygens (including phenoxy) is 2. The molecule has 5 nitrogen and oxygen atoms in total. The lowest BCUT2D eigenvalue weighted by Gasteiger charge is -2.16. The number of amides is 1. The standard InChI is InChI=1S/C10H21NO4/c1-8(6-14-2)4-10(13)11-9(5-12)7-15-3/h8-9,12H,4-7H2,1-3H3,(H,11,13). The fourth-order valence-corrected chi connectivity index (χ4v) is 1.29. The zero-order chi connectivity index (χ0) is 11.7. The van der Waals surface area contributed by atoms with Gasteiger partial charge < -0.3 is 19.9 Å². The monoisotopic (exact) mass is 219 g/mol. The van der Waals surface area contributed by atoms with Crippen molar-refractivity contribution in [1.82, 2.24) is 5.32 Å². The van der Waals surface area contributed by atoms with Gasteiger partial charge in [0.2, 0.25) is 5.91 Å². The number of aliphatic hydroxyl groups excluding tert-OH is 1. The molecule has 0 radical (unpaired) electrons. The van der Waals surface area contributed by atoms with E-state index in [1.54, 1.807) is 7.11 Å². The van der Waals surface area contributed by atoms with Crippen LogP contribution in [-0.4, -0.2) is 51.1 Å². The lowest BCUT2D eigenvalue weighted by Crippen LogP contribution is -2.41. The summed E-state index contributed by atoms with van der Waals surface area (Å²) in [4.78, 5) is 11.4. The Hall–Kier alpha value is -0.650. The molecule has 5 heteroatoms. The van der Waals surface area contributed by atoms with Crippen LogP contribution in [-0.2, 0) is 14.3 Å². The normalized spacial score (nSPS) is 14.7. The fraction of sp³-hybridized carbons (Fsp3) is 0.900. The zero-order valence-electron chi connectivity index (χ0n) is 9.66. The average molecular weight is 219 g/mol. The van der Waals surface area contributed by atoms with Crippen LogP contribution < -0.4 is 5.32 Å². The second-order valence-corrected chi connectivity index (χ2v) is 3.67. The van der Waals surface area contributed by atoms with Gasteiger partial charge in [-0.1, -0.05) is 6.92 Å². The van der Waals surface area contributed by atoms with Crippen LogP contribution in [0.1, 0.15) is 13.3 Å². The number of rotatable bonds is 8. The van der Waals surface area contributed by atoms with Crippen LogP contribution in [0.3, 0.4) is 0 Å². The van der Waals surface area contributed by atoms with Crippen LogP contribution in [0.2, 0.25) is 0 Å². The van der Waals surface area contributed by atoms with Gasteiger partial charge in [0.15, 0.2) is 0 Å². The van der Waals surface area contributed by atoms with Gasteiger partial charge in [0.25, 0.3) is 0 Å². The minimum absolute atomic E-state index is 0.0874. The molecule has 0 bridgehead atoms. The summed E-state index contributed by atoms with van der Waals surface area (Å²) >= 11 is 0. The number of hydrogen-bond donors (Lipinski definition) is 2. The third-order valence-electron chi connectivity index (χ3n) is 1.94. The Kier molecular flexibility index (Phi) is 8.27. The van der Waals surface area contributed by atoms with Crippen LogP contribution in [0, 0.1) is 5.92 Å². The largest absolute Gasteiger partial charge is 0.394 e. The van der Waals surface area contributed by atoms with Crippen molar-refractivity contribution in [2.24, 2.45) is 5.92 Å². The van der Waals surface area contributed by atoms with Gasteiger partial charge >= 0.3 is 0 Å². The second-order valence-electron chi connectivity index (χ2n) is 3.67. The molecule has 0 heterocycles. The molecule has 0 saturated heterocycles. The molecular weight excluding hydrogens is 198 g/mol. The van der Waals surface area contributed by atoms with E-state index < -0.39 is 0 Å². The highest BCUT2D eigenvalue weighted by molar-refractivity contribution is 5.76. The van der Waals surface area contributed by atoms with Crippen LogP contribution in [0.4, 0.5) is 0 Å². The topological polar surface area (TPSA) is 67.8 Å². The maximum Gasteiger partial charge on any atom is 0.220 e. The Labute approximate surface area is 90.8 Å². The molecule has 0 aromatic carbocycles. The van der Waals surface area contributed by atoms with E-state index >= 15 is 0 Å². The molecule has 0 saturated carbocycles. The van der Waals surface area contributed by atoms with E-state index in [4.69, 9.17) is 14.6 Å². The van der Waals surface area contributed by atoms with Crippen LogP contribution in [0.15, 0.2) is 0 Å².